The number of carbonyl (C=O) groups excluding carboxylic acids is 3. The number of furan rings is 1. The first kappa shape index (κ1) is 9.45. The molecule has 1 aromatic heterocycles. The van der Waals surface area contributed by atoms with Crippen molar-refractivity contribution in [3.8, 4) is 0 Å². The van der Waals surface area contributed by atoms with Crippen LogP contribution in [0.4, 0.5) is 0 Å². The predicted molar refractivity (Wildman–Crippen MR) is 47.8 cm³/mol. The SMILES string of the molecule is O=C1CN(C(=O)c2ccoc2)CC(=O)N1. The lowest BCUT2D eigenvalue weighted by molar-refractivity contribution is -0.135. The van der Waals surface area contributed by atoms with Crippen molar-refractivity contribution in [1.29, 1.82) is 0 Å². The van der Waals surface area contributed by atoms with Gasteiger partial charge in [0, 0.05) is 0 Å². The highest BCUT2D eigenvalue weighted by atomic mass is 16.3. The molecule has 0 aliphatic carbocycles. The Morgan fingerprint density at radius 2 is 2.00 bits per heavy atom. The van der Waals surface area contributed by atoms with Crippen LogP contribution in [0.2, 0.25) is 0 Å². The van der Waals surface area contributed by atoms with Crippen molar-refractivity contribution >= 4 is 17.7 Å². The number of imide groups is 1. The lowest BCUT2D eigenvalue weighted by atomic mass is 10.2. The number of piperazine rings is 1. The summed E-state index contributed by atoms with van der Waals surface area (Å²) in [5, 5.41) is 2.11. The number of nitrogens with one attached hydrogen (secondary N) is 1. The van der Waals surface area contributed by atoms with E-state index in [1.807, 2.05) is 0 Å². The Hall–Kier alpha value is -2.11. The van der Waals surface area contributed by atoms with E-state index < -0.39 is 11.8 Å². The summed E-state index contributed by atoms with van der Waals surface area (Å²) in [4.78, 5) is 34.9. The van der Waals surface area contributed by atoms with Crippen LogP contribution < -0.4 is 5.32 Å². The van der Waals surface area contributed by atoms with Gasteiger partial charge in [-0.2, -0.15) is 0 Å². The number of carbonyl (C=O) groups is 3. The molecule has 1 saturated heterocycles. The maximum absolute atomic E-state index is 11.7. The molecule has 0 saturated carbocycles. The van der Waals surface area contributed by atoms with Crippen molar-refractivity contribution in [2.45, 2.75) is 0 Å². The van der Waals surface area contributed by atoms with E-state index in [2.05, 4.69) is 5.32 Å². The van der Waals surface area contributed by atoms with E-state index in [9.17, 15) is 14.4 Å². The fourth-order valence-corrected chi connectivity index (χ4v) is 1.35. The zero-order valence-electron chi connectivity index (χ0n) is 7.73. The van der Waals surface area contributed by atoms with E-state index >= 15 is 0 Å². The van der Waals surface area contributed by atoms with E-state index in [-0.39, 0.29) is 19.0 Å². The second kappa shape index (κ2) is 3.56. The summed E-state index contributed by atoms with van der Waals surface area (Å²) in [6.45, 7) is -0.203. The van der Waals surface area contributed by atoms with Gasteiger partial charge in [0.15, 0.2) is 0 Å². The summed E-state index contributed by atoms with van der Waals surface area (Å²) in [7, 11) is 0. The quantitative estimate of drug-likeness (QED) is 0.623. The molecule has 0 spiro atoms. The third-order valence-electron chi connectivity index (χ3n) is 2.00. The second-order valence-corrected chi connectivity index (χ2v) is 3.14. The lowest BCUT2D eigenvalue weighted by Crippen LogP contribution is -2.53. The van der Waals surface area contributed by atoms with Gasteiger partial charge < -0.3 is 9.32 Å². The third kappa shape index (κ3) is 1.88. The van der Waals surface area contributed by atoms with Crippen molar-refractivity contribution in [3.63, 3.8) is 0 Å². The fraction of sp³-hybridized carbons (Fsp3) is 0.222. The second-order valence-electron chi connectivity index (χ2n) is 3.14. The molecule has 3 amide bonds. The van der Waals surface area contributed by atoms with Crippen LogP contribution >= 0.6 is 0 Å². The van der Waals surface area contributed by atoms with Gasteiger partial charge in [-0.15, -0.1) is 0 Å². The highest BCUT2D eigenvalue weighted by molar-refractivity contribution is 6.05. The molecule has 6 heteroatoms. The highest BCUT2D eigenvalue weighted by Gasteiger charge is 2.27. The molecule has 0 radical (unpaired) electrons. The first-order valence-electron chi connectivity index (χ1n) is 4.31. The summed E-state index contributed by atoms with van der Waals surface area (Å²) in [6.07, 6.45) is 2.64. The monoisotopic (exact) mass is 208 g/mol. The van der Waals surface area contributed by atoms with Gasteiger partial charge in [0.1, 0.15) is 19.4 Å². The summed E-state index contributed by atoms with van der Waals surface area (Å²) >= 11 is 0. The van der Waals surface area contributed by atoms with Gasteiger partial charge in [-0.3, -0.25) is 19.7 Å². The van der Waals surface area contributed by atoms with Crippen LogP contribution in [0.25, 0.3) is 0 Å². The van der Waals surface area contributed by atoms with E-state index in [4.69, 9.17) is 4.42 Å². The van der Waals surface area contributed by atoms with Crippen LogP contribution in [0.15, 0.2) is 23.0 Å². The summed E-state index contributed by atoms with van der Waals surface area (Å²) < 4.78 is 4.75. The molecule has 2 heterocycles. The Morgan fingerprint density at radius 3 is 2.53 bits per heavy atom. The summed E-state index contributed by atoms with van der Waals surface area (Å²) in [5.74, 6) is -1.32. The first-order chi connectivity index (χ1) is 7.16. The molecule has 1 aliphatic rings. The molecule has 1 N–H and O–H groups in total. The zero-order chi connectivity index (χ0) is 10.8. The van der Waals surface area contributed by atoms with E-state index in [1.54, 1.807) is 0 Å². The predicted octanol–water partition coefficient (Wildman–Crippen LogP) is -0.622. The Labute approximate surface area is 84.8 Å². The molecule has 0 atom stereocenters. The Kier molecular flexibility index (Phi) is 2.24. The normalized spacial score (nSPS) is 16.4. The van der Waals surface area contributed by atoms with Crippen LogP contribution in [-0.2, 0) is 9.59 Å². The van der Waals surface area contributed by atoms with Crippen LogP contribution in [0.3, 0.4) is 0 Å². The van der Waals surface area contributed by atoms with Gasteiger partial charge in [-0.05, 0) is 6.07 Å². The molecule has 15 heavy (non-hydrogen) atoms. The maximum atomic E-state index is 11.7. The summed E-state index contributed by atoms with van der Waals surface area (Å²) in [6, 6.07) is 1.49. The molecule has 1 aliphatic heterocycles. The third-order valence-corrected chi connectivity index (χ3v) is 2.00. The standard InChI is InChI=1S/C9H8N2O4/c12-7-3-11(4-8(13)10-7)9(14)6-1-2-15-5-6/h1-2,5H,3-4H2,(H,10,12,13). The molecule has 78 valence electrons. The minimum absolute atomic E-state index is 0.101. The van der Waals surface area contributed by atoms with Gasteiger partial charge in [0.2, 0.25) is 11.8 Å². The Morgan fingerprint density at radius 1 is 1.33 bits per heavy atom. The molecular weight excluding hydrogens is 200 g/mol. The minimum Gasteiger partial charge on any atom is -0.472 e. The summed E-state index contributed by atoms with van der Waals surface area (Å²) in [5.41, 5.74) is 0.331. The number of rotatable bonds is 1. The highest BCUT2D eigenvalue weighted by Crippen LogP contribution is 2.06. The topological polar surface area (TPSA) is 79.6 Å². The minimum atomic E-state index is -0.469. The Balaban J connectivity index is 2.14. The zero-order valence-corrected chi connectivity index (χ0v) is 7.73. The molecule has 2 rings (SSSR count). The van der Waals surface area contributed by atoms with Gasteiger partial charge >= 0.3 is 0 Å². The molecule has 0 bridgehead atoms. The van der Waals surface area contributed by atoms with E-state index in [0.717, 1.165) is 0 Å². The van der Waals surface area contributed by atoms with Crippen LogP contribution in [-0.4, -0.2) is 35.7 Å². The largest absolute Gasteiger partial charge is 0.472 e. The lowest BCUT2D eigenvalue weighted by Gasteiger charge is -2.24. The molecule has 0 aromatic carbocycles. The van der Waals surface area contributed by atoms with E-state index in [0.29, 0.717) is 5.56 Å². The smallest absolute Gasteiger partial charge is 0.258 e. The van der Waals surface area contributed by atoms with Crippen LogP contribution in [0.1, 0.15) is 10.4 Å². The van der Waals surface area contributed by atoms with Gasteiger partial charge in [0.05, 0.1) is 11.8 Å². The first-order valence-corrected chi connectivity index (χ1v) is 4.31. The van der Waals surface area contributed by atoms with E-state index in [1.165, 1.54) is 23.5 Å². The average molecular weight is 208 g/mol. The van der Waals surface area contributed by atoms with Gasteiger partial charge in [-0.25, -0.2) is 0 Å². The van der Waals surface area contributed by atoms with Crippen molar-refractivity contribution in [3.05, 3.63) is 24.2 Å². The van der Waals surface area contributed by atoms with Crippen molar-refractivity contribution < 1.29 is 18.8 Å². The van der Waals surface area contributed by atoms with Crippen molar-refractivity contribution in [2.24, 2.45) is 0 Å². The molecular formula is C9H8N2O4. The fourth-order valence-electron chi connectivity index (χ4n) is 1.35. The Bertz CT molecular complexity index is 394. The number of hydrogen-bond acceptors (Lipinski definition) is 4. The molecule has 1 aromatic rings. The average Bonchev–Trinajstić information content (AvgIpc) is 2.67. The van der Waals surface area contributed by atoms with Gasteiger partial charge in [0.25, 0.3) is 5.91 Å². The number of nitrogens with zero attached hydrogens (tertiary/aromatic N) is 1. The molecule has 0 unspecified atom stereocenters. The number of amides is 3. The molecule has 6 nitrogen and oxygen atoms in total. The molecule has 1 fully saturated rings. The van der Waals surface area contributed by atoms with Crippen LogP contribution in [0.5, 0.6) is 0 Å². The van der Waals surface area contributed by atoms with Gasteiger partial charge in [-0.1, -0.05) is 0 Å². The van der Waals surface area contributed by atoms with Crippen molar-refractivity contribution in [1.82, 2.24) is 10.2 Å². The maximum Gasteiger partial charge on any atom is 0.258 e. The number of hydrogen-bond donors (Lipinski definition) is 1. The van der Waals surface area contributed by atoms with Crippen molar-refractivity contribution in [2.75, 3.05) is 13.1 Å². The van der Waals surface area contributed by atoms with Crippen LogP contribution in [0, 0.1) is 0 Å².